The van der Waals surface area contributed by atoms with Crippen LogP contribution in [0, 0.1) is 6.92 Å². The molecule has 1 fully saturated rings. The number of carbonyl (C=O) groups is 2. The van der Waals surface area contributed by atoms with Crippen molar-refractivity contribution in [2.45, 2.75) is 6.92 Å². The van der Waals surface area contributed by atoms with Crippen molar-refractivity contribution in [1.82, 2.24) is 0 Å². The minimum absolute atomic E-state index is 0.0912. The molecule has 0 atom stereocenters. The molecule has 1 aromatic rings. The third kappa shape index (κ3) is 2.53. The molecule has 2 amide bonds. The van der Waals surface area contributed by atoms with Crippen LogP contribution in [0.2, 0.25) is 0 Å². The number of rotatable bonds is 1. The fraction of sp³-hybridized carbons (Fsp3) is 0.250. The summed E-state index contributed by atoms with van der Waals surface area (Å²) in [4.78, 5) is 28.1. The van der Waals surface area contributed by atoms with Crippen molar-refractivity contribution in [3.8, 4) is 0 Å². The quantitative estimate of drug-likeness (QED) is 0.780. The van der Waals surface area contributed by atoms with Gasteiger partial charge in [-0.15, -0.1) is 0 Å². The van der Waals surface area contributed by atoms with E-state index < -0.39 is 6.09 Å². The largest absolute Gasteiger partial charge is 0.451 e. The number of aliphatic imine (C=N–C) groups is 1. The van der Waals surface area contributed by atoms with E-state index in [-0.39, 0.29) is 11.7 Å². The molecule has 1 aliphatic rings. The number of ether oxygens (including phenoxy) is 1. The zero-order valence-electron chi connectivity index (χ0n) is 10.0. The number of amidine groups is 1. The molecule has 5 nitrogen and oxygen atoms in total. The molecule has 6 heteroatoms. The molecule has 1 saturated heterocycles. The second kappa shape index (κ2) is 5.22. The number of amides is 2. The first-order chi connectivity index (χ1) is 8.61. The number of thioether (sulfide) groups is 1. The van der Waals surface area contributed by atoms with E-state index in [0.29, 0.717) is 10.9 Å². The predicted octanol–water partition coefficient (Wildman–Crippen LogP) is 2.20. The highest BCUT2D eigenvalue weighted by Crippen LogP contribution is 2.26. The number of hydrogen-bond donors (Lipinski definition) is 0. The maximum absolute atomic E-state index is 11.8. The van der Waals surface area contributed by atoms with Crippen molar-refractivity contribution in [2.24, 2.45) is 4.99 Å². The van der Waals surface area contributed by atoms with E-state index in [2.05, 4.69) is 9.73 Å². The van der Waals surface area contributed by atoms with Crippen molar-refractivity contribution < 1.29 is 14.3 Å². The van der Waals surface area contributed by atoms with E-state index in [1.807, 2.05) is 31.2 Å². The summed E-state index contributed by atoms with van der Waals surface area (Å²) < 4.78 is 4.47. The molecule has 18 heavy (non-hydrogen) atoms. The highest BCUT2D eigenvalue weighted by atomic mass is 32.2. The van der Waals surface area contributed by atoms with E-state index in [1.54, 1.807) is 0 Å². The number of hydrogen-bond acceptors (Lipinski definition) is 4. The van der Waals surface area contributed by atoms with Crippen molar-refractivity contribution in [3.05, 3.63) is 29.8 Å². The first-order valence-corrected chi connectivity index (χ1v) is 6.29. The Labute approximate surface area is 109 Å². The number of anilines is 1. The van der Waals surface area contributed by atoms with Gasteiger partial charge < -0.3 is 4.74 Å². The fourth-order valence-electron chi connectivity index (χ4n) is 1.52. The van der Waals surface area contributed by atoms with Crippen LogP contribution in [0.1, 0.15) is 5.56 Å². The second-order valence-electron chi connectivity index (χ2n) is 3.72. The third-order valence-corrected chi connectivity index (χ3v) is 3.34. The molecule has 0 aromatic heterocycles. The lowest BCUT2D eigenvalue weighted by atomic mass is 10.2. The SMILES string of the molecule is COC(=O)/N=C1/SCC(=O)N1c1ccc(C)cc1. The van der Waals surface area contributed by atoms with Crippen LogP contribution < -0.4 is 4.90 Å². The Balaban J connectivity index is 2.33. The van der Waals surface area contributed by atoms with Crippen LogP contribution in [0.15, 0.2) is 29.3 Å². The summed E-state index contributed by atoms with van der Waals surface area (Å²) in [6.07, 6.45) is -0.704. The van der Waals surface area contributed by atoms with Crippen LogP contribution in [0.25, 0.3) is 0 Å². The molecule has 94 valence electrons. The lowest BCUT2D eigenvalue weighted by molar-refractivity contribution is -0.115. The minimum atomic E-state index is -0.704. The van der Waals surface area contributed by atoms with Gasteiger partial charge in [-0.2, -0.15) is 4.99 Å². The fourth-order valence-corrected chi connectivity index (χ4v) is 2.37. The van der Waals surface area contributed by atoms with E-state index in [0.717, 1.165) is 5.56 Å². The molecule has 0 saturated carbocycles. The highest BCUT2D eigenvalue weighted by Gasteiger charge is 2.30. The lowest BCUT2D eigenvalue weighted by Crippen LogP contribution is -2.29. The molecule has 0 radical (unpaired) electrons. The average molecular weight is 264 g/mol. The monoisotopic (exact) mass is 264 g/mol. The Kier molecular flexibility index (Phi) is 3.66. The van der Waals surface area contributed by atoms with Crippen LogP contribution in [-0.2, 0) is 9.53 Å². The number of carbonyl (C=O) groups excluding carboxylic acids is 2. The van der Waals surface area contributed by atoms with Gasteiger partial charge in [0.2, 0.25) is 5.91 Å². The van der Waals surface area contributed by atoms with Crippen LogP contribution in [0.3, 0.4) is 0 Å². The predicted molar refractivity (Wildman–Crippen MR) is 71.0 cm³/mol. The van der Waals surface area contributed by atoms with Gasteiger partial charge in [-0.3, -0.25) is 9.69 Å². The standard InChI is InChI=1S/C12H12N2O3S/c1-8-3-5-9(6-4-8)14-10(15)7-18-11(14)13-12(16)17-2/h3-6H,7H2,1-2H3/b13-11+. The normalized spacial score (nSPS) is 17.3. The summed E-state index contributed by atoms with van der Waals surface area (Å²) in [5.41, 5.74) is 1.81. The van der Waals surface area contributed by atoms with Gasteiger partial charge in [-0.1, -0.05) is 29.5 Å². The van der Waals surface area contributed by atoms with E-state index >= 15 is 0 Å². The summed E-state index contributed by atoms with van der Waals surface area (Å²) in [5, 5.41) is 0.357. The first-order valence-electron chi connectivity index (χ1n) is 5.31. The molecule has 1 aromatic carbocycles. The summed E-state index contributed by atoms with van der Waals surface area (Å²) in [7, 11) is 1.25. The van der Waals surface area contributed by atoms with Crippen LogP contribution in [0.4, 0.5) is 10.5 Å². The molecule has 2 rings (SSSR count). The summed E-state index contributed by atoms with van der Waals surface area (Å²) in [6, 6.07) is 7.46. The third-order valence-electron chi connectivity index (χ3n) is 2.42. The van der Waals surface area contributed by atoms with Crippen molar-refractivity contribution in [2.75, 3.05) is 17.8 Å². The van der Waals surface area contributed by atoms with E-state index in [1.165, 1.54) is 23.8 Å². The second-order valence-corrected chi connectivity index (χ2v) is 4.66. The molecule has 0 unspecified atom stereocenters. The molecule has 1 heterocycles. The maximum atomic E-state index is 11.8. The Hall–Kier alpha value is -1.82. The zero-order valence-corrected chi connectivity index (χ0v) is 10.9. The van der Waals surface area contributed by atoms with Gasteiger partial charge in [-0.05, 0) is 19.1 Å². The minimum Gasteiger partial charge on any atom is -0.451 e. The van der Waals surface area contributed by atoms with Crippen LogP contribution in [0.5, 0.6) is 0 Å². The van der Waals surface area contributed by atoms with Gasteiger partial charge in [0.15, 0.2) is 5.17 Å². The number of methoxy groups -OCH3 is 1. The summed E-state index contributed by atoms with van der Waals surface area (Å²) in [5.74, 6) is 0.190. The summed E-state index contributed by atoms with van der Waals surface area (Å²) >= 11 is 1.23. The number of aryl methyl sites for hydroxylation is 1. The first kappa shape index (κ1) is 12.6. The zero-order chi connectivity index (χ0) is 13.1. The van der Waals surface area contributed by atoms with Gasteiger partial charge in [0.1, 0.15) is 0 Å². The molecule has 0 bridgehead atoms. The Morgan fingerprint density at radius 3 is 2.67 bits per heavy atom. The Morgan fingerprint density at radius 2 is 2.06 bits per heavy atom. The van der Waals surface area contributed by atoms with E-state index in [4.69, 9.17) is 0 Å². The van der Waals surface area contributed by atoms with Crippen molar-refractivity contribution >= 4 is 34.6 Å². The number of nitrogens with zero attached hydrogens (tertiary/aromatic N) is 2. The molecule has 1 aliphatic heterocycles. The molecule has 0 aliphatic carbocycles. The number of benzene rings is 1. The van der Waals surface area contributed by atoms with Crippen molar-refractivity contribution in [1.29, 1.82) is 0 Å². The van der Waals surface area contributed by atoms with Crippen LogP contribution >= 0.6 is 11.8 Å². The Bertz CT molecular complexity index is 511. The maximum Gasteiger partial charge on any atom is 0.435 e. The average Bonchev–Trinajstić information content (AvgIpc) is 2.72. The topological polar surface area (TPSA) is 59.0 Å². The molecular formula is C12H12N2O3S. The molecule has 0 spiro atoms. The van der Waals surface area contributed by atoms with Gasteiger partial charge in [0, 0.05) is 0 Å². The summed E-state index contributed by atoms with van der Waals surface area (Å²) in [6.45, 7) is 1.97. The van der Waals surface area contributed by atoms with Crippen molar-refractivity contribution in [3.63, 3.8) is 0 Å². The lowest BCUT2D eigenvalue weighted by Gasteiger charge is -2.15. The van der Waals surface area contributed by atoms with Crippen LogP contribution in [-0.4, -0.2) is 30.0 Å². The van der Waals surface area contributed by atoms with Gasteiger partial charge in [0.05, 0.1) is 18.6 Å². The van der Waals surface area contributed by atoms with E-state index in [9.17, 15) is 9.59 Å². The van der Waals surface area contributed by atoms with Gasteiger partial charge in [0.25, 0.3) is 0 Å². The molecule has 0 N–H and O–H groups in total. The van der Waals surface area contributed by atoms with Gasteiger partial charge >= 0.3 is 6.09 Å². The highest BCUT2D eigenvalue weighted by molar-refractivity contribution is 8.15. The Morgan fingerprint density at radius 1 is 1.39 bits per heavy atom. The smallest absolute Gasteiger partial charge is 0.435 e. The van der Waals surface area contributed by atoms with Gasteiger partial charge in [-0.25, -0.2) is 4.79 Å². The molecular weight excluding hydrogens is 252 g/mol.